The van der Waals surface area contributed by atoms with Gasteiger partial charge in [0.25, 0.3) is 0 Å². The van der Waals surface area contributed by atoms with Gasteiger partial charge < -0.3 is 10.2 Å². The number of nitrogens with zero attached hydrogens (tertiary/aromatic N) is 3. The summed E-state index contributed by atoms with van der Waals surface area (Å²) >= 11 is 5.91. The Hall–Kier alpha value is -2.86. The Morgan fingerprint density at radius 2 is 1.96 bits per heavy atom. The van der Waals surface area contributed by atoms with E-state index in [0.29, 0.717) is 17.1 Å². The third-order valence-corrected chi connectivity index (χ3v) is 4.97. The molecule has 0 unspecified atom stereocenters. The van der Waals surface area contributed by atoms with Gasteiger partial charge in [-0.3, -0.25) is 0 Å². The Morgan fingerprint density at radius 1 is 1.21 bits per heavy atom. The summed E-state index contributed by atoms with van der Waals surface area (Å²) in [5.74, 6) is -0.287. The maximum atomic E-state index is 14.0. The van der Waals surface area contributed by atoms with Crippen LogP contribution in [0.4, 0.5) is 9.18 Å². The van der Waals surface area contributed by atoms with Crippen LogP contribution in [0, 0.1) is 5.82 Å². The van der Waals surface area contributed by atoms with Gasteiger partial charge in [-0.1, -0.05) is 29.8 Å². The number of aromatic nitrogens is 2. The third kappa shape index (κ3) is 4.34. The molecule has 2 amide bonds. The van der Waals surface area contributed by atoms with Gasteiger partial charge in [0.1, 0.15) is 5.82 Å². The molecule has 5 nitrogen and oxygen atoms in total. The van der Waals surface area contributed by atoms with E-state index in [2.05, 4.69) is 10.4 Å². The van der Waals surface area contributed by atoms with Gasteiger partial charge in [0.15, 0.2) is 0 Å². The number of nitrogens with one attached hydrogen (secondary N) is 1. The molecule has 7 heteroatoms. The zero-order chi connectivity index (χ0) is 19.5. The first-order chi connectivity index (χ1) is 13.6. The minimum atomic E-state index is -0.287. The quantitative estimate of drug-likeness (QED) is 0.662. The first-order valence-electron chi connectivity index (χ1n) is 9.17. The highest BCUT2D eigenvalue weighted by molar-refractivity contribution is 6.30. The van der Waals surface area contributed by atoms with Crippen LogP contribution in [-0.4, -0.2) is 26.8 Å². The molecule has 0 saturated heterocycles. The lowest BCUT2D eigenvalue weighted by atomic mass is 10.2. The van der Waals surface area contributed by atoms with Gasteiger partial charge in [0, 0.05) is 34.9 Å². The van der Waals surface area contributed by atoms with Gasteiger partial charge in [-0.15, -0.1) is 0 Å². The Balaban J connectivity index is 1.39. The Kier molecular flexibility index (Phi) is 5.30. The van der Waals surface area contributed by atoms with E-state index in [1.165, 1.54) is 6.07 Å². The van der Waals surface area contributed by atoms with Crippen LogP contribution in [0.5, 0.6) is 0 Å². The molecule has 4 rings (SSSR count). The molecular formula is C21H20ClFN4O. The fourth-order valence-electron chi connectivity index (χ4n) is 3.03. The lowest BCUT2D eigenvalue weighted by molar-refractivity contribution is 0.191. The predicted octanol–water partition coefficient (Wildman–Crippen LogP) is 4.54. The van der Waals surface area contributed by atoms with Crippen molar-refractivity contribution in [1.29, 1.82) is 0 Å². The molecule has 3 aromatic rings. The summed E-state index contributed by atoms with van der Waals surface area (Å²) in [6, 6.07) is 13.9. The monoisotopic (exact) mass is 398 g/mol. The van der Waals surface area contributed by atoms with E-state index in [1.807, 2.05) is 18.3 Å². The summed E-state index contributed by atoms with van der Waals surface area (Å²) in [5.41, 5.74) is 2.30. The van der Waals surface area contributed by atoms with Crippen LogP contribution < -0.4 is 5.32 Å². The van der Waals surface area contributed by atoms with E-state index in [9.17, 15) is 9.18 Å². The standard InChI is InChI=1S/C21H20ClFN4O/c22-17-5-7-19(8-6-17)27-13-15(12-25-27)11-24-21(28)26(18-9-10-18)14-16-3-1-2-4-20(16)23/h1-8,12-13,18H,9-11,14H2,(H,24,28). The molecule has 1 heterocycles. The minimum absolute atomic E-state index is 0.177. The average molecular weight is 399 g/mol. The number of hydrogen-bond acceptors (Lipinski definition) is 2. The number of benzene rings is 2. The van der Waals surface area contributed by atoms with Crippen LogP contribution in [-0.2, 0) is 13.1 Å². The predicted molar refractivity (Wildman–Crippen MR) is 106 cm³/mol. The summed E-state index contributed by atoms with van der Waals surface area (Å²) in [4.78, 5) is 14.4. The minimum Gasteiger partial charge on any atom is -0.334 e. The number of urea groups is 1. The lowest BCUT2D eigenvalue weighted by Crippen LogP contribution is -2.40. The van der Waals surface area contributed by atoms with Crippen molar-refractivity contribution in [2.24, 2.45) is 0 Å². The second kappa shape index (κ2) is 8.02. The van der Waals surface area contributed by atoms with Crippen LogP contribution in [0.3, 0.4) is 0 Å². The van der Waals surface area contributed by atoms with Crippen LogP contribution in [0.2, 0.25) is 5.02 Å². The number of halogens is 2. The zero-order valence-corrected chi connectivity index (χ0v) is 15.9. The molecule has 0 bridgehead atoms. The number of carbonyl (C=O) groups excluding carboxylic acids is 1. The van der Waals surface area contributed by atoms with Crippen molar-refractivity contribution < 1.29 is 9.18 Å². The molecule has 1 saturated carbocycles. The van der Waals surface area contributed by atoms with E-state index < -0.39 is 0 Å². The van der Waals surface area contributed by atoms with Crippen LogP contribution in [0.1, 0.15) is 24.0 Å². The second-order valence-electron chi connectivity index (χ2n) is 6.88. The molecule has 0 atom stereocenters. The summed E-state index contributed by atoms with van der Waals surface area (Å²) in [7, 11) is 0. The Morgan fingerprint density at radius 3 is 2.68 bits per heavy atom. The number of carbonyl (C=O) groups is 1. The van der Waals surface area contributed by atoms with E-state index in [1.54, 1.807) is 46.1 Å². The summed E-state index contributed by atoms with van der Waals surface area (Å²) in [6.45, 7) is 0.625. The smallest absolute Gasteiger partial charge is 0.318 e. The molecule has 1 aliphatic carbocycles. The van der Waals surface area contributed by atoms with Gasteiger partial charge in [0.05, 0.1) is 18.4 Å². The van der Waals surface area contributed by atoms with Crippen molar-refractivity contribution in [2.75, 3.05) is 0 Å². The van der Waals surface area contributed by atoms with Crippen molar-refractivity contribution in [3.05, 3.63) is 82.9 Å². The molecule has 1 aromatic heterocycles. The maximum absolute atomic E-state index is 14.0. The van der Waals surface area contributed by atoms with E-state index >= 15 is 0 Å². The number of hydrogen-bond donors (Lipinski definition) is 1. The molecule has 144 valence electrons. The molecule has 1 fully saturated rings. The molecular weight excluding hydrogens is 379 g/mol. The molecule has 2 aromatic carbocycles. The van der Waals surface area contributed by atoms with Gasteiger partial charge in [-0.2, -0.15) is 5.10 Å². The third-order valence-electron chi connectivity index (χ3n) is 4.72. The fourth-order valence-corrected chi connectivity index (χ4v) is 3.15. The second-order valence-corrected chi connectivity index (χ2v) is 7.32. The molecule has 28 heavy (non-hydrogen) atoms. The highest BCUT2D eigenvalue weighted by Gasteiger charge is 2.33. The van der Waals surface area contributed by atoms with Crippen LogP contribution in [0.25, 0.3) is 5.69 Å². The number of rotatable bonds is 6. The Labute approximate surface area is 167 Å². The first-order valence-corrected chi connectivity index (χ1v) is 9.55. The topological polar surface area (TPSA) is 50.2 Å². The first kappa shape index (κ1) is 18.5. The Bertz CT molecular complexity index is 969. The molecule has 0 spiro atoms. The van der Waals surface area contributed by atoms with Crippen molar-refractivity contribution in [2.45, 2.75) is 32.0 Å². The van der Waals surface area contributed by atoms with Gasteiger partial charge >= 0.3 is 6.03 Å². The molecule has 0 aliphatic heterocycles. The summed E-state index contributed by atoms with van der Waals surface area (Å²) in [6.07, 6.45) is 5.49. The van der Waals surface area contributed by atoms with Gasteiger partial charge in [0.2, 0.25) is 0 Å². The highest BCUT2D eigenvalue weighted by Crippen LogP contribution is 2.29. The van der Waals surface area contributed by atoms with Gasteiger partial charge in [-0.05, 0) is 43.2 Å². The van der Waals surface area contributed by atoms with E-state index in [-0.39, 0.29) is 24.4 Å². The van der Waals surface area contributed by atoms with E-state index in [4.69, 9.17) is 11.6 Å². The molecule has 1 aliphatic rings. The molecule has 0 radical (unpaired) electrons. The maximum Gasteiger partial charge on any atom is 0.318 e. The highest BCUT2D eigenvalue weighted by atomic mass is 35.5. The van der Waals surface area contributed by atoms with Crippen LogP contribution >= 0.6 is 11.6 Å². The lowest BCUT2D eigenvalue weighted by Gasteiger charge is -2.23. The SMILES string of the molecule is O=C(NCc1cnn(-c2ccc(Cl)cc2)c1)N(Cc1ccccc1F)C1CC1. The van der Waals surface area contributed by atoms with Crippen LogP contribution in [0.15, 0.2) is 60.9 Å². The molecule has 1 N–H and O–H groups in total. The van der Waals surface area contributed by atoms with Crippen molar-refractivity contribution >= 4 is 17.6 Å². The van der Waals surface area contributed by atoms with E-state index in [0.717, 1.165) is 24.1 Å². The fraction of sp³-hybridized carbons (Fsp3) is 0.238. The average Bonchev–Trinajstić information content (AvgIpc) is 3.43. The summed E-state index contributed by atoms with van der Waals surface area (Å²) in [5, 5.41) is 7.91. The largest absolute Gasteiger partial charge is 0.334 e. The number of amides is 2. The van der Waals surface area contributed by atoms with Crippen molar-refractivity contribution in [3.8, 4) is 5.69 Å². The normalized spacial score (nSPS) is 13.4. The van der Waals surface area contributed by atoms with Gasteiger partial charge in [-0.25, -0.2) is 13.9 Å². The zero-order valence-electron chi connectivity index (χ0n) is 15.2. The summed E-state index contributed by atoms with van der Waals surface area (Å²) < 4.78 is 15.7. The van der Waals surface area contributed by atoms with Crippen molar-refractivity contribution in [1.82, 2.24) is 20.0 Å². The van der Waals surface area contributed by atoms with Crippen molar-refractivity contribution in [3.63, 3.8) is 0 Å².